The van der Waals surface area contributed by atoms with Crippen LogP contribution >= 0.6 is 0 Å². The topological polar surface area (TPSA) is 52.6 Å². The maximum absolute atomic E-state index is 12.0. The van der Waals surface area contributed by atoms with Gasteiger partial charge in [-0.3, -0.25) is 9.69 Å². The highest BCUT2D eigenvalue weighted by molar-refractivity contribution is 5.81. The smallest absolute Gasteiger partial charge is 0.237 e. The van der Waals surface area contributed by atoms with Crippen molar-refractivity contribution in [3.63, 3.8) is 0 Å². The van der Waals surface area contributed by atoms with E-state index in [1.54, 1.807) is 0 Å². The Balaban J connectivity index is 4.27. The number of nitrogens with one attached hydrogen (secondary N) is 1. The van der Waals surface area contributed by atoms with Crippen LogP contribution in [-0.4, -0.2) is 48.7 Å². The molecule has 0 aromatic heterocycles. The molecule has 0 spiro atoms. The van der Waals surface area contributed by atoms with Crippen LogP contribution in [0.2, 0.25) is 0 Å². The molecule has 0 aliphatic heterocycles. The van der Waals surface area contributed by atoms with Gasteiger partial charge in [0.2, 0.25) is 5.91 Å². The first-order valence-electron chi connectivity index (χ1n) is 6.14. The molecule has 1 amide bonds. The predicted molar refractivity (Wildman–Crippen MR) is 66.3 cm³/mol. The van der Waals surface area contributed by atoms with E-state index in [4.69, 9.17) is 5.11 Å². The van der Waals surface area contributed by atoms with Crippen LogP contribution in [0.4, 0.5) is 0 Å². The van der Waals surface area contributed by atoms with E-state index in [2.05, 4.69) is 12.2 Å². The maximum Gasteiger partial charge on any atom is 0.237 e. The average Bonchev–Trinajstić information content (AvgIpc) is 2.24. The summed E-state index contributed by atoms with van der Waals surface area (Å²) in [6.07, 6.45) is 3.36. The zero-order valence-corrected chi connectivity index (χ0v) is 11.0. The first-order valence-corrected chi connectivity index (χ1v) is 6.14. The number of rotatable bonds is 8. The molecule has 4 nitrogen and oxygen atoms in total. The molecule has 2 N–H and O–H groups in total. The van der Waals surface area contributed by atoms with Crippen LogP contribution in [0.3, 0.4) is 0 Å². The Bertz CT molecular complexity index is 195. The standard InChI is InChI=1S/C12H26N2O2/c1-5-7-11(14(3)4)12(16)13-10(6-2)8-9-15/h10-11,15H,5-9H2,1-4H3,(H,13,16). The number of aliphatic hydroxyl groups excluding tert-OH is 1. The van der Waals surface area contributed by atoms with Gasteiger partial charge in [0.05, 0.1) is 6.04 Å². The van der Waals surface area contributed by atoms with Gasteiger partial charge in [0.25, 0.3) is 0 Å². The van der Waals surface area contributed by atoms with E-state index < -0.39 is 0 Å². The highest BCUT2D eigenvalue weighted by Gasteiger charge is 2.21. The second kappa shape index (κ2) is 8.53. The summed E-state index contributed by atoms with van der Waals surface area (Å²) >= 11 is 0. The molecular weight excluding hydrogens is 204 g/mol. The van der Waals surface area contributed by atoms with E-state index in [9.17, 15) is 4.79 Å². The fourth-order valence-electron chi connectivity index (χ4n) is 1.73. The maximum atomic E-state index is 12.0. The number of carbonyl (C=O) groups excluding carboxylic acids is 1. The summed E-state index contributed by atoms with van der Waals surface area (Å²) in [6, 6.07) is 0.0366. The third-order valence-electron chi connectivity index (χ3n) is 2.80. The zero-order chi connectivity index (χ0) is 12.6. The number of amides is 1. The van der Waals surface area contributed by atoms with Gasteiger partial charge in [-0.25, -0.2) is 0 Å². The van der Waals surface area contributed by atoms with Crippen molar-refractivity contribution in [3.05, 3.63) is 0 Å². The summed E-state index contributed by atoms with van der Waals surface area (Å²) in [6.45, 7) is 4.22. The van der Waals surface area contributed by atoms with Crippen LogP contribution in [0.5, 0.6) is 0 Å². The SMILES string of the molecule is CCCC(C(=O)NC(CC)CCO)N(C)C. The van der Waals surface area contributed by atoms with Crippen LogP contribution < -0.4 is 5.32 Å². The van der Waals surface area contributed by atoms with E-state index >= 15 is 0 Å². The largest absolute Gasteiger partial charge is 0.396 e. The van der Waals surface area contributed by atoms with Crippen LogP contribution in [0.1, 0.15) is 39.5 Å². The second-order valence-electron chi connectivity index (χ2n) is 4.39. The molecule has 2 atom stereocenters. The molecule has 96 valence electrons. The molecule has 4 heteroatoms. The molecule has 2 unspecified atom stereocenters. The van der Waals surface area contributed by atoms with Crippen molar-refractivity contribution < 1.29 is 9.90 Å². The van der Waals surface area contributed by atoms with Crippen LogP contribution in [0.25, 0.3) is 0 Å². The predicted octanol–water partition coefficient (Wildman–Crippen LogP) is 0.994. The summed E-state index contributed by atoms with van der Waals surface area (Å²) in [5.74, 6) is 0.0761. The van der Waals surface area contributed by atoms with Crippen molar-refractivity contribution in [1.29, 1.82) is 0 Å². The van der Waals surface area contributed by atoms with Crippen LogP contribution in [0, 0.1) is 0 Å². The quantitative estimate of drug-likeness (QED) is 0.654. The van der Waals surface area contributed by atoms with Gasteiger partial charge in [0, 0.05) is 12.6 Å². The highest BCUT2D eigenvalue weighted by atomic mass is 16.3. The van der Waals surface area contributed by atoms with Crippen molar-refractivity contribution >= 4 is 5.91 Å². The van der Waals surface area contributed by atoms with E-state index in [1.165, 1.54) is 0 Å². The van der Waals surface area contributed by atoms with Gasteiger partial charge in [0.15, 0.2) is 0 Å². The Hall–Kier alpha value is -0.610. The molecule has 16 heavy (non-hydrogen) atoms. The minimum absolute atomic E-state index is 0.0576. The molecular formula is C12H26N2O2. The van der Waals surface area contributed by atoms with Crippen LogP contribution in [0.15, 0.2) is 0 Å². The normalized spacial score (nSPS) is 14.9. The van der Waals surface area contributed by atoms with Crippen LogP contribution in [-0.2, 0) is 4.79 Å². The Morgan fingerprint density at radius 2 is 1.94 bits per heavy atom. The number of hydrogen-bond acceptors (Lipinski definition) is 3. The lowest BCUT2D eigenvalue weighted by Crippen LogP contribution is -2.47. The Morgan fingerprint density at radius 3 is 2.31 bits per heavy atom. The van der Waals surface area contributed by atoms with Gasteiger partial charge >= 0.3 is 0 Å². The Labute approximate surface area is 99.0 Å². The summed E-state index contributed by atoms with van der Waals surface area (Å²) in [5, 5.41) is 11.9. The zero-order valence-electron chi connectivity index (χ0n) is 11.0. The van der Waals surface area contributed by atoms with E-state index in [0.717, 1.165) is 19.3 Å². The van der Waals surface area contributed by atoms with Gasteiger partial charge in [-0.1, -0.05) is 20.3 Å². The third kappa shape index (κ3) is 5.47. The molecule has 0 aromatic rings. The average molecular weight is 230 g/mol. The molecule has 0 saturated heterocycles. The van der Waals surface area contributed by atoms with E-state index in [1.807, 2.05) is 25.9 Å². The first-order chi connectivity index (χ1) is 7.56. The molecule has 0 aromatic carbocycles. The number of hydrogen-bond donors (Lipinski definition) is 2. The number of aliphatic hydroxyl groups is 1. The summed E-state index contributed by atoms with van der Waals surface area (Å²) < 4.78 is 0. The van der Waals surface area contributed by atoms with Gasteiger partial charge in [-0.15, -0.1) is 0 Å². The molecule has 0 saturated carbocycles. The monoisotopic (exact) mass is 230 g/mol. The second-order valence-corrected chi connectivity index (χ2v) is 4.39. The van der Waals surface area contributed by atoms with Crippen molar-refractivity contribution in [2.24, 2.45) is 0 Å². The summed E-state index contributed by atoms with van der Waals surface area (Å²) in [7, 11) is 3.85. The van der Waals surface area contributed by atoms with Crippen molar-refractivity contribution in [2.75, 3.05) is 20.7 Å². The van der Waals surface area contributed by atoms with E-state index in [-0.39, 0.29) is 24.6 Å². The molecule has 0 radical (unpaired) electrons. The molecule has 0 bridgehead atoms. The van der Waals surface area contributed by atoms with Crippen molar-refractivity contribution in [2.45, 2.75) is 51.6 Å². The van der Waals surface area contributed by atoms with Gasteiger partial charge in [0.1, 0.15) is 0 Å². The minimum atomic E-state index is -0.0576. The Morgan fingerprint density at radius 1 is 1.31 bits per heavy atom. The Kier molecular flexibility index (Phi) is 8.21. The molecule has 0 fully saturated rings. The van der Waals surface area contributed by atoms with Crippen molar-refractivity contribution in [3.8, 4) is 0 Å². The third-order valence-corrected chi connectivity index (χ3v) is 2.80. The van der Waals surface area contributed by atoms with Crippen molar-refractivity contribution in [1.82, 2.24) is 10.2 Å². The fraction of sp³-hybridized carbons (Fsp3) is 0.917. The molecule has 0 rings (SSSR count). The lowest BCUT2D eigenvalue weighted by atomic mass is 10.1. The van der Waals surface area contributed by atoms with Gasteiger partial charge < -0.3 is 10.4 Å². The van der Waals surface area contributed by atoms with Gasteiger partial charge in [-0.2, -0.15) is 0 Å². The molecule has 0 heterocycles. The first kappa shape index (κ1) is 15.4. The number of carbonyl (C=O) groups is 1. The number of likely N-dealkylation sites (N-methyl/N-ethyl adjacent to an activating group) is 1. The highest BCUT2D eigenvalue weighted by Crippen LogP contribution is 2.05. The van der Waals surface area contributed by atoms with Gasteiger partial charge in [-0.05, 0) is 33.4 Å². The lowest BCUT2D eigenvalue weighted by molar-refractivity contribution is -0.126. The lowest BCUT2D eigenvalue weighted by Gasteiger charge is -2.25. The number of nitrogens with zero attached hydrogens (tertiary/aromatic N) is 1. The summed E-state index contributed by atoms with van der Waals surface area (Å²) in [5.41, 5.74) is 0. The minimum Gasteiger partial charge on any atom is -0.396 e. The fourth-order valence-corrected chi connectivity index (χ4v) is 1.73. The molecule has 0 aliphatic carbocycles. The van der Waals surface area contributed by atoms with E-state index in [0.29, 0.717) is 6.42 Å². The molecule has 0 aliphatic rings. The summed E-state index contributed by atoms with van der Waals surface area (Å²) in [4.78, 5) is 13.9.